The minimum atomic E-state index is -0.0523. The van der Waals surface area contributed by atoms with Gasteiger partial charge in [-0.1, -0.05) is 6.92 Å². The second-order valence-electron chi connectivity index (χ2n) is 5.42. The first kappa shape index (κ1) is 15.8. The number of rotatable bonds is 6. The Morgan fingerprint density at radius 1 is 1.33 bits per heavy atom. The lowest BCUT2D eigenvalue weighted by molar-refractivity contribution is 0.0946. The van der Waals surface area contributed by atoms with Crippen LogP contribution in [0, 0.1) is 19.8 Å². The molecule has 0 fully saturated rings. The van der Waals surface area contributed by atoms with Crippen LogP contribution in [-0.2, 0) is 0 Å². The second-order valence-corrected chi connectivity index (χ2v) is 6.31. The highest BCUT2D eigenvalue weighted by Crippen LogP contribution is 2.25. The summed E-state index contributed by atoms with van der Waals surface area (Å²) in [4.78, 5) is 12.4. The summed E-state index contributed by atoms with van der Waals surface area (Å²) in [6, 6.07) is 5.98. The number of aromatic nitrogens is 1. The highest BCUT2D eigenvalue weighted by atomic mass is 32.1. The van der Waals surface area contributed by atoms with E-state index in [1.807, 2.05) is 32.2 Å². The molecule has 0 radical (unpaired) electrons. The Balaban J connectivity index is 2.15. The zero-order valence-corrected chi connectivity index (χ0v) is 13.5. The maximum Gasteiger partial charge on any atom is 0.254 e. The first-order valence-electron chi connectivity index (χ1n) is 7.16. The van der Waals surface area contributed by atoms with Gasteiger partial charge < -0.3 is 15.0 Å². The van der Waals surface area contributed by atoms with Crippen LogP contribution in [0.1, 0.15) is 35.1 Å². The smallest absolute Gasteiger partial charge is 0.254 e. The standard InChI is InChI=1S/C16H22N2O2S/c1-11(6-8-19)10-17-15(20)14-7-9-21-16(14)18-12(2)4-5-13(18)3/h4-5,7,9,11,19H,6,8,10H2,1-3H3,(H,17,20). The molecule has 114 valence electrons. The van der Waals surface area contributed by atoms with Crippen molar-refractivity contribution < 1.29 is 9.90 Å². The van der Waals surface area contributed by atoms with Crippen molar-refractivity contribution in [3.8, 4) is 5.00 Å². The van der Waals surface area contributed by atoms with Gasteiger partial charge in [0.25, 0.3) is 5.91 Å². The predicted molar refractivity (Wildman–Crippen MR) is 86.3 cm³/mol. The normalized spacial score (nSPS) is 12.4. The van der Waals surface area contributed by atoms with Gasteiger partial charge in [-0.3, -0.25) is 4.79 Å². The van der Waals surface area contributed by atoms with E-state index in [0.717, 1.165) is 16.4 Å². The van der Waals surface area contributed by atoms with Crippen LogP contribution in [0.15, 0.2) is 23.6 Å². The number of aliphatic hydroxyl groups is 1. The summed E-state index contributed by atoms with van der Waals surface area (Å²) in [5.74, 6) is 0.222. The lowest BCUT2D eigenvalue weighted by Crippen LogP contribution is -2.29. The molecule has 0 bridgehead atoms. The van der Waals surface area contributed by atoms with Crippen molar-refractivity contribution >= 4 is 17.2 Å². The quantitative estimate of drug-likeness (QED) is 0.862. The van der Waals surface area contributed by atoms with E-state index >= 15 is 0 Å². The Bertz CT molecular complexity index is 596. The zero-order chi connectivity index (χ0) is 15.4. The fourth-order valence-corrected chi connectivity index (χ4v) is 3.33. The monoisotopic (exact) mass is 306 g/mol. The molecule has 0 saturated heterocycles. The molecule has 1 atom stereocenters. The van der Waals surface area contributed by atoms with E-state index in [4.69, 9.17) is 5.11 Å². The second kappa shape index (κ2) is 6.91. The molecule has 2 aromatic rings. The van der Waals surface area contributed by atoms with Crippen molar-refractivity contribution in [2.75, 3.05) is 13.2 Å². The van der Waals surface area contributed by atoms with Crippen molar-refractivity contribution in [1.82, 2.24) is 9.88 Å². The minimum Gasteiger partial charge on any atom is -0.396 e. The van der Waals surface area contributed by atoms with Gasteiger partial charge in [0.15, 0.2) is 0 Å². The van der Waals surface area contributed by atoms with Crippen molar-refractivity contribution in [1.29, 1.82) is 0 Å². The molecule has 0 aliphatic carbocycles. The molecule has 0 spiro atoms. The number of aryl methyl sites for hydroxylation is 2. The molecule has 5 heteroatoms. The van der Waals surface area contributed by atoms with Crippen LogP contribution in [0.2, 0.25) is 0 Å². The molecule has 4 nitrogen and oxygen atoms in total. The largest absolute Gasteiger partial charge is 0.396 e. The summed E-state index contributed by atoms with van der Waals surface area (Å²) >= 11 is 1.57. The van der Waals surface area contributed by atoms with Crippen molar-refractivity contribution in [3.63, 3.8) is 0 Å². The fraction of sp³-hybridized carbons (Fsp3) is 0.438. The van der Waals surface area contributed by atoms with Crippen molar-refractivity contribution in [2.24, 2.45) is 5.92 Å². The van der Waals surface area contributed by atoms with E-state index in [1.165, 1.54) is 0 Å². The average molecular weight is 306 g/mol. The number of hydrogen-bond donors (Lipinski definition) is 2. The van der Waals surface area contributed by atoms with E-state index in [0.29, 0.717) is 18.5 Å². The average Bonchev–Trinajstić information content (AvgIpc) is 3.03. The number of thiophene rings is 1. The van der Waals surface area contributed by atoms with Gasteiger partial charge >= 0.3 is 0 Å². The highest BCUT2D eigenvalue weighted by Gasteiger charge is 2.17. The summed E-state index contributed by atoms with van der Waals surface area (Å²) in [5, 5.41) is 14.8. The maximum absolute atomic E-state index is 12.4. The third-order valence-corrected chi connectivity index (χ3v) is 4.49. The molecular weight excluding hydrogens is 284 g/mol. The van der Waals surface area contributed by atoms with E-state index in [2.05, 4.69) is 22.0 Å². The zero-order valence-electron chi connectivity index (χ0n) is 12.7. The number of nitrogens with zero attached hydrogens (tertiary/aromatic N) is 1. The van der Waals surface area contributed by atoms with Crippen LogP contribution < -0.4 is 5.32 Å². The van der Waals surface area contributed by atoms with Crippen molar-refractivity contribution in [2.45, 2.75) is 27.2 Å². The predicted octanol–water partition coefficient (Wildman–Crippen LogP) is 2.90. The van der Waals surface area contributed by atoms with Gasteiger partial charge in [-0.05, 0) is 49.8 Å². The molecule has 21 heavy (non-hydrogen) atoms. The number of amides is 1. The summed E-state index contributed by atoms with van der Waals surface area (Å²) in [6.45, 7) is 6.83. The van der Waals surface area contributed by atoms with Crippen LogP contribution in [0.4, 0.5) is 0 Å². The molecule has 0 aliphatic heterocycles. The Morgan fingerprint density at radius 3 is 2.62 bits per heavy atom. The van der Waals surface area contributed by atoms with Crippen LogP contribution in [0.3, 0.4) is 0 Å². The molecule has 1 amide bonds. The molecule has 2 heterocycles. The topological polar surface area (TPSA) is 54.3 Å². The highest BCUT2D eigenvalue weighted by molar-refractivity contribution is 7.13. The maximum atomic E-state index is 12.4. The molecule has 2 rings (SSSR count). The van der Waals surface area contributed by atoms with E-state index in [1.54, 1.807) is 11.3 Å². The number of carbonyl (C=O) groups excluding carboxylic acids is 1. The fourth-order valence-electron chi connectivity index (χ4n) is 2.32. The number of nitrogens with one attached hydrogen (secondary N) is 1. The van der Waals surface area contributed by atoms with Crippen LogP contribution in [0.5, 0.6) is 0 Å². The summed E-state index contributed by atoms with van der Waals surface area (Å²) in [6.07, 6.45) is 0.701. The van der Waals surface area contributed by atoms with Gasteiger partial charge in [0, 0.05) is 24.5 Å². The Hall–Kier alpha value is -1.59. The lowest BCUT2D eigenvalue weighted by atomic mass is 10.1. The van der Waals surface area contributed by atoms with Crippen LogP contribution >= 0.6 is 11.3 Å². The Kier molecular flexibility index (Phi) is 5.20. The molecule has 0 saturated carbocycles. The summed E-state index contributed by atoms with van der Waals surface area (Å²) in [7, 11) is 0. The van der Waals surface area contributed by atoms with Gasteiger partial charge in [0.05, 0.1) is 5.56 Å². The molecule has 2 N–H and O–H groups in total. The third kappa shape index (κ3) is 3.54. The molecule has 0 aromatic carbocycles. The first-order valence-corrected chi connectivity index (χ1v) is 8.04. The van der Waals surface area contributed by atoms with Gasteiger partial charge in [-0.2, -0.15) is 0 Å². The lowest BCUT2D eigenvalue weighted by Gasteiger charge is -2.13. The van der Waals surface area contributed by atoms with Gasteiger partial charge in [-0.15, -0.1) is 11.3 Å². The van der Waals surface area contributed by atoms with Crippen LogP contribution in [0.25, 0.3) is 5.00 Å². The summed E-state index contributed by atoms with van der Waals surface area (Å²) < 4.78 is 2.11. The van der Waals surface area contributed by atoms with Gasteiger partial charge in [0.1, 0.15) is 5.00 Å². The molecule has 2 aromatic heterocycles. The number of aliphatic hydroxyl groups excluding tert-OH is 1. The molecular formula is C16H22N2O2S. The van der Waals surface area contributed by atoms with E-state index in [9.17, 15) is 4.79 Å². The van der Waals surface area contributed by atoms with Crippen LogP contribution in [-0.4, -0.2) is 28.7 Å². The molecule has 1 unspecified atom stereocenters. The Morgan fingerprint density at radius 2 is 2.00 bits per heavy atom. The molecule has 0 aliphatic rings. The summed E-state index contributed by atoms with van der Waals surface area (Å²) in [5.41, 5.74) is 2.95. The minimum absolute atomic E-state index is 0.0523. The van der Waals surface area contributed by atoms with Gasteiger partial charge in [-0.25, -0.2) is 0 Å². The van der Waals surface area contributed by atoms with E-state index < -0.39 is 0 Å². The Labute approximate surface area is 129 Å². The van der Waals surface area contributed by atoms with Crippen molar-refractivity contribution in [3.05, 3.63) is 40.5 Å². The third-order valence-electron chi connectivity index (χ3n) is 3.60. The first-order chi connectivity index (χ1) is 10.0. The van der Waals surface area contributed by atoms with E-state index in [-0.39, 0.29) is 18.4 Å². The number of hydrogen-bond acceptors (Lipinski definition) is 3. The number of carbonyl (C=O) groups is 1. The SMILES string of the molecule is Cc1ccc(C)n1-c1sccc1C(=O)NCC(C)CCO. The van der Waals surface area contributed by atoms with Gasteiger partial charge in [0.2, 0.25) is 0 Å².